The summed E-state index contributed by atoms with van der Waals surface area (Å²) in [5, 5.41) is 15.4. The van der Waals surface area contributed by atoms with Gasteiger partial charge in [-0.25, -0.2) is 4.68 Å². The maximum atomic E-state index is 12.9. The van der Waals surface area contributed by atoms with Crippen molar-refractivity contribution in [2.45, 2.75) is 32.6 Å². The Morgan fingerprint density at radius 2 is 2.00 bits per heavy atom. The van der Waals surface area contributed by atoms with E-state index in [2.05, 4.69) is 21.0 Å². The lowest BCUT2D eigenvalue weighted by atomic mass is 10.0. The minimum absolute atomic E-state index is 0.0230. The summed E-state index contributed by atoms with van der Waals surface area (Å²) in [6.45, 7) is 3.79. The first kappa shape index (κ1) is 17.2. The quantitative estimate of drug-likeness (QED) is 0.667. The third kappa shape index (κ3) is 3.41. The van der Waals surface area contributed by atoms with Gasteiger partial charge in [-0.05, 0) is 30.7 Å². The first-order valence-electron chi connectivity index (χ1n) is 8.92. The van der Waals surface area contributed by atoms with E-state index < -0.39 is 6.29 Å². The Kier molecular flexibility index (Phi) is 4.37. The lowest BCUT2D eigenvalue weighted by molar-refractivity contribution is -0.125. The Morgan fingerprint density at radius 3 is 2.81 bits per heavy atom. The van der Waals surface area contributed by atoms with Gasteiger partial charge < -0.3 is 10.6 Å². The van der Waals surface area contributed by atoms with Crippen molar-refractivity contribution in [1.29, 1.82) is 0 Å². The third-order valence-corrected chi connectivity index (χ3v) is 4.61. The van der Waals surface area contributed by atoms with Gasteiger partial charge >= 0.3 is 0 Å². The van der Waals surface area contributed by atoms with Gasteiger partial charge in [-0.15, -0.1) is 0 Å². The summed E-state index contributed by atoms with van der Waals surface area (Å²) < 4.78 is 1.60. The fourth-order valence-corrected chi connectivity index (χ4v) is 3.41. The Balaban J connectivity index is 1.65. The zero-order valence-corrected chi connectivity index (χ0v) is 15.2. The van der Waals surface area contributed by atoms with Crippen molar-refractivity contribution in [3.8, 4) is 0 Å². The second kappa shape index (κ2) is 6.85. The minimum atomic E-state index is -0.502. The lowest BCUT2D eigenvalue weighted by Gasteiger charge is -2.30. The van der Waals surface area contributed by atoms with E-state index >= 15 is 0 Å². The zero-order chi connectivity index (χ0) is 19.0. The number of aryl methyl sites for hydroxylation is 1. The molecule has 3 N–H and O–H groups in total. The van der Waals surface area contributed by atoms with Crippen LogP contribution < -0.4 is 16.0 Å². The Labute approximate surface area is 156 Å². The molecule has 1 fully saturated rings. The lowest BCUT2D eigenvalue weighted by Crippen LogP contribution is -2.52. The van der Waals surface area contributed by atoms with Gasteiger partial charge in [0.1, 0.15) is 5.82 Å². The van der Waals surface area contributed by atoms with Crippen molar-refractivity contribution in [2.24, 2.45) is 0 Å². The summed E-state index contributed by atoms with van der Waals surface area (Å²) in [6.07, 6.45) is -0.0909. The molecule has 0 saturated carbocycles. The molecule has 2 aromatic carbocycles. The number of carbonyl (C=O) groups is 2. The number of aromatic nitrogens is 2. The zero-order valence-electron chi connectivity index (χ0n) is 15.2. The van der Waals surface area contributed by atoms with Crippen LogP contribution in [0.25, 0.3) is 10.8 Å². The molecular formula is C20H21N5O2. The first-order valence-corrected chi connectivity index (χ1v) is 8.92. The van der Waals surface area contributed by atoms with Gasteiger partial charge in [0.25, 0.3) is 5.91 Å². The maximum Gasteiger partial charge on any atom is 0.257 e. The van der Waals surface area contributed by atoms with E-state index in [1.807, 2.05) is 50.2 Å². The monoisotopic (exact) mass is 363 g/mol. The van der Waals surface area contributed by atoms with Crippen molar-refractivity contribution < 1.29 is 9.59 Å². The van der Waals surface area contributed by atoms with Gasteiger partial charge in [0.2, 0.25) is 5.91 Å². The van der Waals surface area contributed by atoms with Gasteiger partial charge in [0, 0.05) is 24.1 Å². The van der Waals surface area contributed by atoms with Crippen molar-refractivity contribution in [2.75, 3.05) is 5.32 Å². The van der Waals surface area contributed by atoms with Crippen LogP contribution in [-0.4, -0.2) is 27.6 Å². The van der Waals surface area contributed by atoms with Gasteiger partial charge in [-0.1, -0.05) is 36.4 Å². The summed E-state index contributed by atoms with van der Waals surface area (Å²) in [7, 11) is 0. The van der Waals surface area contributed by atoms with E-state index in [0.29, 0.717) is 17.8 Å². The molecular weight excluding hydrogens is 342 g/mol. The summed E-state index contributed by atoms with van der Waals surface area (Å²) in [6, 6.07) is 15.2. The molecule has 7 nitrogen and oxygen atoms in total. The largest absolute Gasteiger partial charge is 0.322 e. The number of hydrogen-bond acceptors (Lipinski definition) is 4. The highest BCUT2D eigenvalue weighted by atomic mass is 16.2. The van der Waals surface area contributed by atoms with E-state index in [0.717, 1.165) is 16.5 Å². The topological polar surface area (TPSA) is 88.0 Å². The third-order valence-electron chi connectivity index (χ3n) is 4.61. The van der Waals surface area contributed by atoms with Crippen LogP contribution >= 0.6 is 0 Å². The molecule has 138 valence electrons. The molecule has 0 spiro atoms. The van der Waals surface area contributed by atoms with Crippen LogP contribution in [-0.2, 0) is 4.79 Å². The fourth-order valence-electron chi connectivity index (χ4n) is 3.41. The number of hydrogen-bond donors (Lipinski definition) is 3. The van der Waals surface area contributed by atoms with Crippen LogP contribution in [0.15, 0.2) is 48.5 Å². The van der Waals surface area contributed by atoms with Gasteiger partial charge in [0.05, 0.1) is 5.69 Å². The first-order chi connectivity index (χ1) is 13.0. The molecule has 7 heteroatoms. The average Bonchev–Trinajstić information content (AvgIpc) is 3.00. The van der Waals surface area contributed by atoms with E-state index in [4.69, 9.17) is 0 Å². The number of rotatable bonds is 3. The SMILES string of the molecule is Cc1cc(NC(=O)c2cccc3ccccc23)n(C2NC(=O)CC(C)N2)n1. The molecule has 2 unspecified atom stereocenters. The molecule has 27 heavy (non-hydrogen) atoms. The smallest absolute Gasteiger partial charge is 0.257 e. The van der Waals surface area contributed by atoms with Crippen LogP contribution in [0.4, 0.5) is 5.82 Å². The van der Waals surface area contributed by atoms with Crippen LogP contribution in [0.1, 0.15) is 35.7 Å². The summed E-state index contributed by atoms with van der Waals surface area (Å²) in [5.41, 5.74) is 1.34. The minimum Gasteiger partial charge on any atom is -0.322 e. The van der Waals surface area contributed by atoms with E-state index in [1.54, 1.807) is 16.8 Å². The second-order valence-corrected chi connectivity index (χ2v) is 6.84. The van der Waals surface area contributed by atoms with Crippen molar-refractivity contribution in [3.63, 3.8) is 0 Å². The summed E-state index contributed by atoms with van der Waals surface area (Å²) >= 11 is 0. The van der Waals surface area contributed by atoms with Gasteiger partial charge in [0.15, 0.2) is 6.29 Å². The van der Waals surface area contributed by atoms with Crippen LogP contribution in [0.3, 0.4) is 0 Å². The molecule has 0 aliphatic carbocycles. The molecule has 1 aromatic heterocycles. The number of anilines is 1. The number of benzene rings is 2. The molecule has 1 saturated heterocycles. The Hall–Kier alpha value is -3.19. The molecule has 2 heterocycles. The van der Waals surface area contributed by atoms with Crippen molar-refractivity contribution >= 4 is 28.4 Å². The van der Waals surface area contributed by atoms with E-state index in [9.17, 15) is 9.59 Å². The highest BCUT2D eigenvalue weighted by Crippen LogP contribution is 2.22. The predicted octanol–water partition coefficient (Wildman–Crippen LogP) is 2.55. The van der Waals surface area contributed by atoms with E-state index in [1.165, 1.54) is 0 Å². The summed E-state index contributed by atoms with van der Waals surface area (Å²) in [5.74, 6) is 0.256. The number of nitrogens with one attached hydrogen (secondary N) is 3. The Morgan fingerprint density at radius 1 is 1.22 bits per heavy atom. The maximum absolute atomic E-state index is 12.9. The number of fused-ring (bicyclic) bond motifs is 1. The van der Waals surface area contributed by atoms with Crippen LogP contribution in [0.5, 0.6) is 0 Å². The Bertz CT molecular complexity index is 1020. The molecule has 4 rings (SSSR count). The molecule has 0 radical (unpaired) electrons. The number of amides is 2. The number of nitrogens with zero attached hydrogens (tertiary/aromatic N) is 2. The predicted molar refractivity (Wildman–Crippen MR) is 103 cm³/mol. The molecule has 1 aliphatic rings. The van der Waals surface area contributed by atoms with Crippen molar-refractivity contribution in [3.05, 3.63) is 59.8 Å². The fraction of sp³-hybridized carbons (Fsp3) is 0.250. The standard InChI is InChI=1S/C20H21N5O2/c1-12-11-18(26)23-20(21-12)25-17(10-13(2)24-25)22-19(27)16-9-5-7-14-6-3-4-8-15(14)16/h3-10,12,20-21H,11H2,1-2H3,(H,22,27)(H,23,26). The second-order valence-electron chi connectivity index (χ2n) is 6.84. The molecule has 2 atom stereocenters. The highest BCUT2D eigenvalue weighted by Gasteiger charge is 2.27. The average molecular weight is 363 g/mol. The van der Waals surface area contributed by atoms with Gasteiger partial charge in [-0.2, -0.15) is 5.10 Å². The molecule has 3 aromatic rings. The van der Waals surface area contributed by atoms with Crippen molar-refractivity contribution in [1.82, 2.24) is 20.4 Å². The number of carbonyl (C=O) groups excluding carboxylic acids is 2. The molecule has 1 aliphatic heterocycles. The normalized spacial score (nSPS) is 19.7. The van der Waals surface area contributed by atoms with Crippen LogP contribution in [0.2, 0.25) is 0 Å². The van der Waals surface area contributed by atoms with Gasteiger partial charge in [-0.3, -0.25) is 14.9 Å². The molecule has 0 bridgehead atoms. The highest BCUT2D eigenvalue weighted by molar-refractivity contribution is 6.12. The van der Waals surface area contributed by atoms with Crippen LogP contribution in [0, 0.1) is 6.92 Å². The molecule has 2 amide bonds. The summed E-state index contributed by atoms with van der Waals surface area (Å²) in [4.78, 5) is 24.8. The van der Waals surface area contributed by atoms with E-state index in [-0.39, 0.29) is 17.9 Å².